The van der Waals surface area contributed by atoms with Crippen LogP contribution in [0.4, 0.5) is 5.82 Å². The maximum Gasteiger partial charge on any atom is 0.148 e. The van der Waals surface area contributed by atoms with Crippen LogP contribution in [0.15, 0.2) is 36.4 Å². The third-order valence-corrected chi connectivity index (χ3v) is 2.85. The zero-order valence-corrected chi connectivity index (χ0v) is 11.0. The standard InChI is InChI=1S/C15H19N3/c1-3-10-16-15-9-8-14(17-18-15)13-7-5-6-12(4-2)11-13/h5-9,11H,3-4,10H2,1-2H3,(H,16,18). The molecule has 1 aromatic heterocycles. The maximum absolute atomic E-state index is 4.26. The SMILES string of the molecule is CCCNc1ccc(-c2cccc(CC)c2)nn1. The highest BCUT2D eigenvalue weighted by atomic mass is 15.2. The number of hydrogen-bond donors (Lipinski definition) is 1. The molecule has 0 unspecified atom stereocenters. The van der Waals surface area contributed by atoms with Crippen LogP contribution in [0.1, 0.15) is 25.8 Å². The van der Waals surface area contributed by atoms with Gasteiger partial charge in [0.1, 0.15) is 5.82 Å². The lowest BCUT2D eigenvalue weighted by atomic mass is 10.1. The molecule has 94 valence electrons. The first-order chi connectivity index (χ1) is 8.83. The Hall–Kier alpha value is -1.90. The number of benzene rings is 1. The molecule has 0 amide bonds. The zero-order valence-electron chi connectivity index (χ0n) is 11.0. The van der Waals surface area contributed by atoms with E-state index >= 15 is 0 Å². The van der Waals surface area contributed by atoms with E-state index in [1.807, 2.05) is 12.1 Å². The summed E-state index contributed by atoms with van der Waals surface area (Å²) in [5.74, 6) is 0.840. The molecular weight excluding hydrogens is 222 g/mol. The molecule has 0 aliphatic heterocycles. The van der Waals surface area contributed by atoms with Crippen LogP contribution >= 0.6 is 0 Å². The molecule has 0 atom stereocenters. The second-order valence-corrected chi connectivity index (χ2v) is 4.28. The smallest absolute Gasteiger partial charge is 0.148 e. The minimum absolute atomic E-state index is 0.840. The molecule has 0 fully saturated rings. The fraction of sp³-hybridized carbons (Fsp3) is 0.333. The molecule has 0 saturated heterocycles. The maximum atomic E-state index is 4.26. The van der Waals surface area contributed by atoms with Gasteiger partial charge in [-0.15, -0.1) is 10.2 Å². The number of nitrogens with one attached hydrogen (secondary N) is 1. The first kappa shape index (κ1) is 12.6. The lowest BCUT2D eigenvalue weighted by molar-refractivity contribution is 0.945. The summed E-state index contributed by atoms with van der Waals surface area (Å²) >= 11 is 0. The van der Waals surface area contributed by atoms with Crippen LogP contribution in [0.2, 0.25) is 0 Å². The lowest BCUT2D eigenvalue weighted by Crippen LogP contribution is -2.02. The van der Waals surface area contributed by atoms with Crippen LogP contribution in [0.5, 0.6) is 0 Å². The van der Waals surface area contributed by atoms with Gasteiger partial charge in [-0.25, -0.2) is 0 Å². The van der Waals surface area contributed by atoms with Crippen molar-refractivity contribution in [3.05, 3.63) is 42.0 Å². The molecule has 3 heteroatoms. The van der Waals surface area contributed by atoms with Gasteiger partial charge in [0, 0.05) is 12.1 Å². The predicted octanol–water partition coefficient (Wildman–Crippen LogP) is 3.53. The minimum atomic E-state index is 0.840. The lowest BCUT2D eigenvalue weighted by Gasteiger charge is -2.05. The van der Waals surface area contributed by atoms with E-state index in [2.05, 4.69) is 53.6 Å². The first-order valence-corrected chi connectivity index (χ1v) is 6.50. The third kappa shape index (κ3) is 3.06. The highest BCUT2D eigenvalue weighted by molar-refractivity contribution is 5.60. The normalized spacial score (nSPS) is 10.3. The Morgan fingerprint density at radius 1 is 1.06 bits per heavy atom. The van der Waals surface area contributed by atoms with E-state index in [9.17, 15) is 0 Å². The van der Waals surface area contributed by atoms with Gasteiger partial charge in [0.25, 0.3) is 0 Å². The van der Waals surface area contributed by atoms with Crippen molar-refractivity contribution in [1.29, 1.82) is 0 Å². The predicted molar refractivity (Wildman–Crippen MR) is 75.6 cm³/mol. The molecule has 0 aliphatic carbocycles. The van der Waals surface area contributed by atoms with E-state index in [1.165, 1.54) is 5.56 Å². The van der Waals surface area contributed by atoms with Crippen LogP contribution in [0, 0.1) is 0 Å². The fourth-order valence-corrected chi connectivity index (χ4v) is 1.78. The number of aryl methyl sites for hydroxylation is 1. The topological polar surface area (TPSA) is 37.8 Å². The Balaban J connectivity index is 2.17. The Morgan fingerprint density at radius 2 is 1.94 bits per heavy atom. The summed E-state index contributed by atoms with van der Waals surface area (Å²) in [4.78, 5) is 0. The summed E-state index contributed by atoms with van der Waals surface area (Å²) in [5.41, 5.74) is 3.37. The van der Waals surface area contributed by atoms with Gasteiger partial charge < -0.3 is 5.32 Å². The van der Waals surface area contributed by atoms with Gasteiger partial charge in [0.05, 0.1) is 5.69 Å². The van der Waals surface area contributed by atoms with Crippen LogP contribution < -0.4 is 5.32 Å². The summed E-state index contributed by atoms with van der Waals surface area (Å²) < 4.78 is 0. The average molecular weight is 241 g/mol. The second-order valence-electron chi connectivity index (χ2n) is 4.28. The molecule has 3 nitrogen and oxygen atoms in total. The molecule has 1 heterocycles. The molecule has 1 aromatic carbocycles. The highest BCUT2D eigenvalue weighted by Gasteiger charge is 2.01. The molecule has 1 N–H and O–H groups in total. The van der Waals surface area contributed by atoms with Crippen molar-refractivity contribution < 1.29 is 0 Å². The van der Waals surface area contributed by atoms with Gasteiger partial charge in [-0.3, -0.25) is 0 Å². The molecule has 18 heavy (non-hydrogen) atoms. The third-order valence-electron chi connectivity index (χ3n) is 2.85. The summed E-state index contributed by atoms with van der Waals surface area (Å²) in [6, 6.07) is 12.4. The molecule has 0 saturated carbocycles. The van der Waals surface area contributed by atoms with Crippen LogP contribution in [0.25, 0.3) is 11.3 Å². The van der Waals surface area contributed by atoms with Crippen molar-refractivity contribution in [1.82, 2.24) is 10.2 Å². The minimum Gasteiger partial charge on any atom is -0.369 e. The van der Waals surface area contributed by atoms with E-state index in [1.54, 1.807) is 0 Å². The van der Waals surface area contributed by atoms with E-state index in [4.69, 9.17) is 0 Å². The van der Waals surface area contributed by atoms with E-state index in [-0.39, 0.29) is 0 Å². The molecule has 0 aliphatic rings. The van der Waals surface area contributed by atoms with E-state index < -0.39 is 0 Å². The Kier molecular flexibility index (Phi) is 4.29. The Morgan fingerprint density at radius 3 is 2.61 bits per heavy atom. The number of hydrogen-bond acceptors (Lipinski definition) is 3. The highest BCUT2D eigenvalue weighted by Crippen LogP contribution is 2.18. The van der Waals surface area contributed by atoms with Crippen molar-refractivity contribution in [3.8, 4) is 11.3 Å². The number of nitrogens with zero attached hydrogens (tertiary/aromatic N) is 2. The Bertz CT molecular complexity index is 491. The molecule has 0 radical (unpaired) electrons. The van der Waals surface area contributed by atoms with E-state index in [0.717, 1.165) is 36.5 Å². The number of anilines is 1. The summed E-state index contributed by atoms with van der Waals surface area (Å²) in [5, 5.41) is 11.7. The Labute approximate surface area is 108 Å². The van der Waals surface area contributed by atoms with Crippen molar-refractivity contribution in [2.45, 2.75) is 26.7 Å². The molecular formula is C15H19N3. The second kappa shape index (κ2) is 6.15. The summed E-state index contributed by atoms with van der Waals surface area (Å²) in [6.45, 7) is 5.22. The van der Waals surface area contributed by atoms with Crippen LogP contribution in [-0.4, -0.2) is 16.7 Å². The number of aromatic nitrogens is 2. The quantitative estimate of drug-likeness (QED) is 0.870. The van der Waals surface area contributed by atoms with Gasteiger partial charge >= 0.3 is 0 Å². The largest absolute Gasteiger partial charge is 0.369 e. The van der Waals surface area contributed by atoms with E-state index in [0.29, 0.717) is 0 Å². The van der Waals surface area contributed by atoms with Gasteiger partial charge in [-0.1, -0.05) is 32.0 Å². The molecule has 2 aromatic rings. The summed E-state index contributed by atoms with van der Waals surface area (Å²) in [7, 11) is 0. The molecule has 0 spiro atoms. The van der Waals surface area contributed by atoms with Crippen molar-refractivity contribution in [2.75, 3.05) is 11.9 Å². The number of rotatable bonds is 5. The summed E-state index contributed by atoms with van der Waals surface area (Å²) in [6.07, 6.45) is 2.12. The van der Waals surface area contributed by atoms with Crippen molar-refractivity contribution in [3.63, 3.8) is 0 Å². The van der Waals surface area contributed by atoms with Gasteiger partial charge in [-0.2, -0.15) is 0 Å². The molecule has 2 rings (SSSR count). The van der Waals surface area contributed by atoms with Crippen molar-refractivity contribution in [2.24, 2.45) is 0 Å². The van der Waals surface area contributed by atoms with Gasteiger partial charge in [0.2, 0.25) is 0 Å². The fourth-order valence-electron chi connectivity index (χ4n) is 1.78. The van der Waals surface area contributed by atoms with Gasteiger partial charge in [0.15, 0.2) is 0 Å². The zero-order chi connectivity index (χ0) is 12.8. The average Bonchev–Trinajstić information content (AvgIpc) is 2.46. The van der Waals surface area contributed by atoms with Gasteiger partial charge in [-0.05, 0) is 36.6 Å². The molecule has 0 bridgehead atoms. The van der Waals surface area contributed by atoms with Crippen LogP contribution in [-0.2, 0) is 6.42 Å². The van der Waals surface area contributed by atoms with Crippen LogP contribution in [0.3, 0.4) is 0 Å². The first-order valence-electron chi connectivity index (χ1n) is 6.50. The monoisotopic (exact) mass is 241 g/mol. The van der Waals surface area contributed by atoms with Crippen molar-refractivity contribution >= 4 is 5.82 Å².